The highest BCUT2D eigenvalue weighted by molar-refractivity contribution is 5.66. The Morgan fingerprint density at radius 3 is 2.06 bits per heavy atom. The summed E-state index contributed by atoms with van der Waals surface area (Å²) in [6.07, 6.45) is 5.18. The number of hydrogen-bond acceptors (Lipinski definition) is 3. The summed E-state index contributed by atoms with van der Waals surface area (Å²) in [5, 5.41) is 18.9. The van der Waals surface area contributed by atoms with Crippen molar-refractivity contribution in [2.45, 2.75) is 97.5 Å². The molecule has 0 heterocycles. The van der Waals surface area contributed by atoms with E-state index in [-0.39, 0.29) is 11.8 Å². The number of aliphatic hydroxyl groups is 1. The largest absolute Gasteiger partial charge is 0.493 e. The van der Waals surface area contributed by atoms with Gasteiger partial charge < -0.3 is 14.9 Å². The van der Waals surface area contributed by atoms with Crippen LogP contribution in [0.1, 0.15) is 94.0 Å². The quantitative estimate of drug-likeness (QED) is 0.329. The first-order valence-electron chi connectivity index (χ1n) is 12.3. The minimum absolute atomic E-state index is 0.0652. The molecule has 0 spiro atoms. The molecule has 2 aromatic carbocycles. The fraction of sp³-hybridized carbons (Fsp3) is 0.552. The van der Waals surface area contributed by atoms with Crippen molar-refractivity contribution in [1.29, 1.82) is 0 Å². The zero-order valence-electron chi connectivity index (χ0n) is 21.3. The van der Waals surface area contributed by atoms with E-state index >= 15 is 0 Å². The van der Waals surface area contributed by atoms with Crippen molar-refractivity contribution in [3.8, 4) is 5.75 Å². The van der Waals surface area contributed by atoms with E-state index in [9.17, 15) is 9.90 Å². The SMILES string of the molecule is CCC(CC)(c1ccc(CCC(C)(C)O)c(C)c1)c1ccc(OCCCCC(=O)O)c(C)c1. The predicted molar refractivity (Wildman–Crippen MR) is 135 cm³/mol. The van der Waals surface area contributed by atoms with Crippen molar-refractivity contribution < 1.29 is 19.7 Å². The number of aryl methyl sites for hydroxylation is 3. The van der Waals surface area contributed by atoms with Gasteiger partial charge in [-0.2, -0.15) is 0 Å². The van der Waals surface area contributed by atoms with E-state index in [4.69, 9.17) is 9.84 Å². The van der Waals surface area contributed by atoms with Crippen LogP contribution in [0.25, 0.3) is 0 Å². The predicted octanol–water partition coefficient (Wildman–Crippen LogP) is 6.75. The average molecular weight is 455 g/mol. The third-order valence-electron chi connectivity index (χ3n) is 6.88. The topological polar surface area (TPSA) is 66.8 Å². The van der Waals surface area contributed by atoms with E-state index < -0.39 is 11.6 Å². The molecule has 2 rings (SSSR count). The van der Waals surface area contributed by atoms with Crippen molar-refractivity contribution >= 4 is 5.97 Å². The molecule has 0 amide bonds. The standard InChI is InChI=1S/C29H42O4/c1-7-29(8-2,24-13-12-23(21(3)19-24)16-17-28(5,6)32)25-14-15-26(22(4)20-25)33-18-10-9-11-27(30)31/h12-15,19-20,32H,7-11,16-18H2,1-6H3,(H,30,31). The maximum absolute atomic E-state index is 10.7. The summed E-state index contributed by atoms with van der Waals surface area (Å²) in [6, 6.07) is 13.3. The number of benzene rings is 2. The van der Waals surface area contributed by atoms with E-state index in [0.29, 0.717) is 13.0 Å². The average Bonchev–Trinajstić information content (AvgIpc) is 2.74. The highest BCUT2D eigenvalue weighted by atomic mass is 16.5. The maximum Gasteiger partial charge on any atom is 0.303 e. The molecule has 0 fully saturated rings. The second-order valence-electron chi connectivity index (χ2n) is 9.92. The van der Waals surface area contributed by atoms with Gasteiger partial charge in [0.1, 0.15) is 5.75 Å². The number of rotatable bonds is 13. The Kier molecular flexibility index (Phi) is 9.54. The van der Waals surface area contributed by atoms with Crippen molar-refractivity contribution in [3.63, 3.8) is 0 Å². The van der Waals surface area contributed by atoms with Crippen LogP contribution < -0.4 is 4.74 Å². The molecular formula is C29H42O4. The Hall–Kier alpha value is -2.33. The van der Waals surface area contributed by atoms with Gasteiger partial charge in [-0.05, 0) is 100 Å². The molecule has 2 aromatic rings. The fourth-order valence-corrected chi connectivity index (χ4v) is 4.62. The number of ether oxygens (including phenoxy) is 1. The van der Waals surface area contributed by atoms with E-state index in [1.54, 1.807) is 0 Å². The molecule has 0 aliphatic rings. The van der Waals surface area contributed by atoms with Crippen LogP contribution in [-0.2, 0) is 16.6 Å². The summed E-state index contributed by atoms with van der Waals surface area (Å²) in [5.74, 6) is 0.111. The Bertz CT molecular complexity index is 920. The smallest absolute Gasteiger partial charge is 0.303 e. The van der Waals surface area contributed by atoms with Crippen LogP contribution in [0.15, 0.2) is 36.4 Å². The van der Waals surface area contributed by atoms with Gasteiger partial charge in [-0.25, -0.2) is 0 Å². The van der Waals surface area contributed by atoms with Crippen molar-refractivity contribution in [2.24, 2.45) is 0 Å². The zero-order chi connectivity index (χ0) is 24.6. The monoisotopic (exact) mass is 454 g/mol. The van der Waals surface area contributed by atoms with Gasteiger partial charge in [0.2, 0.25) is 0 Å². The van der Waals surface area contributed by atoms with Gasteiger partial charge in [0.25, 0.3) is 0 Å². The number of unbranched alkanes of at least 4 members (excludes halogenated alkanes) is 1. The summed E-state index contributed by atoms with van der Waals surface area (Å²) in [7, 11) is 0. The number of carbonyl (C=O) groups is 1. The molecule has 0 aliphatic heterocycles. The molecular weight excluding hydrogens is 412 g/mol. The first-order valence-corrected chi connectivity index (χ1v) is 12.3. The number of aliphatic carboxylic acids is 1. The van der Waals surface area contributed by atoms with Gasteiger partial charge >= 0.3 is 5.97 Å². The Labute approximate surface area is 200 Å². The lowest BCUT2D eigenvalue weighted by molar-refractivity contribution is -0.137. The molecule has 33 heavy (non-hydrogen) atoms. The fourth-order valence-electron chi connectivity index (χ4n) is 4.62. The van der Waals surface area contributed by atoms with Crippen LogP contribution in [0.5, 0.6) is 5.75 Å². The lowest BCUT2D eigenvalue weighted by Crippen LogP contribution is -2.26. The minimum Gasteiger partial charge on any atom is -0.493 e. The Morgan fingerprint density at radius 2 is 1.55 bits per heavy atom. The van der Waals surface area contributed by atoms with Gasteiger partial charge in [0.05, 0.1) is 12.2 Å². The Balaban J connectivity index is 2.23. The maximum atomic E-state index is 10.7. The normalized spacial score (nSPS) is 12.1. The molecule has 0 unspecified atom stereocenters. The minimum atomic E-state index is -0.758. The number of carboxylic acid groups (broad SMARTS) is 1. The molecule has 182 valence electrons. The second-order valence-corrected chi connectivity index (χ2v) is 9.92. The van der Waals surface area contributed by atoms with Gasteiger partial charge in [0.15, 0.2) is 0 Å². The molecule has 4 heteroatoms. The third-order valence-corrected chi connectivity index (χ3v) is 6.88. The van der Waals surface area contributed by atoms with Crippen molar-refractivity contribution in [3.05, 3.63) is 64.2 Å². The van der Waals surface area contributed by atoms with Gasteiger partial charge in [-0.1, -0.05) is 44.2 Å². The van der Waals surface area contributed by atoms with E-state index in [1.165, 1.54) is 22.3 Å². The molecule has 0 aliphatic carbocycles. The van der Waals surface area contributed by atoms with Crippen LogP contribution in [0.2, 0.25) is 0 Å². The molecule has 4 nitrogen and oxygen atoms in total. The second kappa shape index (κ2) is 11.7. The van der Waals surface area contributed by atoms with Crippen molar-refractivity contribution in [2.75, 3.05) is 6.61 Å². The molecule has 0 saturated carbocycles. The lowest BCUT2D eigenvalue weighted by Gasteiger charge is -2.34. The van der Waals surface area contributed by atoms with Crippen LogP contribution in [-0.4, -0.2) is 28.4 Å². The van der Waals surface area contributed by atoms with Gasteiger partial charge in [-0.3, -0.25) is 4.79 Å². The summed E-state index contributed by atoms with van der Waals surface area (Å²) >= 11 is 0. The molecule has 0 atom stereocenters. The van der Waals surface area contributed by atoms with Gasteiger partial charge in [-0.15, -0.1) is 0 Å². The number of hydrogen-bond donors (Lipinski definition) is 2. The van der Waals surface area contributed by atoms with E-state index in [0.717, 1.165) is 43.4 Å². The summed E-state index contributed by atoms with van der Waals surface area (Å²) in [4.78, 5) is 10.7. The molecule has 0 aromatic heterocycles. The summed E-state index contributed by atoms with van der Waals surface area (Å²) in [6.45, 7) is 13.0. The summed E-state index contributed by atoms with van der Waals surface area (Å²) < 4.78 is 5.94. The van der Waals surface area contributed by atoms with Crippen LogP contribution in [0.3, 0.4) is 0 Å². The molecule has 0 bridgehead atoms. The van der Waals surface area contributed by atoms with Gasteiger partial charge in [0, 0.05) is 11.8 Å². The van der Waals surface area contributed by atoms with Crippen LogP contribution >= 0.6 is 0 Å². The third kappa shape index (κ3) is 7.33. The summed E-state index contributed by atoms with van der Waals surface area (Å²) in [5.41, 5.74) is 5.59. The van der Waals surface area contributed by atoms with Crippen molar-refractivity contribution in [1.82, 2.24) is 0 Å². The first kappa shape index (κ1) is 26.9. The lowest BCUT2D eigenvalue weighted by atomic mass is 9.69. The van der Waals surface area contributed by atoms with Crippen LogP contribution in [0.4, 0.5) is 0 Å². The molecule has 0 saturated heterocycles. The Morgan fingerprint density at radius 1 is 0.939 bits per heavy atom. The molecule has 2 N–H and O–H groups in total. The molecule has 0 radical (unpaired) electrons. The highest BCUT2D eigenvalue weighted by Crippen LogP contribution is 2.41. The van der Waals surface area contributed by atoms with E-state index in [1.807, 2.05) is 13.8 Å². The number of carboxylic acids is 1. The highest BCUT2D eigenvalue weighted by Gasteiger charge is 2.31. The van der Waals surface area contributed by atoms with Crippen LogP contribution in [0, 0.1) is 13.8 Å². The van der Waals surface area contributed by atoms with E-state index in [2.05, 4.69) is 64.1 Å². The zero-order valence-corrected chi connectivity index (χ0v) is 21.3. The first-order chi connectivity index (χ1) is 15.5.